The molecule has 0 aromatic heterocycles. The van der Waals surface area contributed by atoms with Gasteiger partial charge >= 0.3 is 0 Å². The number of amides is 1. The number of hydrogen-bond acceptors (Lipinski definition) is 8. The fourth-order valence-corrected chi connectivity index (χ4v) is 8.69. The van der Waals surface area contributed by atoms with Gasteiger partial charge in [0.25, 0.3) is 0 Å². The molecule has 1 amide bonds. The van der Waals surface area contributed by atoms with Gasteiger partial charge in [-0.15, -0.1) is 0 Å². The molecule has 1 heterocycles. The third-order valence-corrected chi connectivity index (χ3v) is 13.1. The topological polar surface area (TPSA) is 149 Å². The quantitative estimate of drug-likeness (QED) is 0.0261. The molecule has 0 spiro atoms. The monoisotopic (exact) mass is 932 g/mol. The summed E-state index contributed by atoms with van der Waals surface area (Å²) in [6.45, 7) is 3.78. The van der Waals surface area contributed by atoms with Gasteiger partial charge in [-0.1, -0.05) is 236 Å². The minimum absolute atomic E-state index is 0.183. The molecule has 1 aliphatic heterocycles. The Labute approximate surface area is 405 Å². The summed E-state index contributed by atoms with van der Waals surface area (Å²) in [7, 11) is 0. The molecule has 0 bridgehead atoms. The molecule has 0 radical (unpaired) electrons. The van der Waals surface area contributed by atoms with Crippen molar-refractivity contribution in [2.45, 2.75) is 294 Å². The van der Waals surface area contributed by atoms with Crippen molar-refractivity contribution < 1.29 is 39.8 Å². The van der Waals surface area contributed by atoms with E-state index >= 15 is 0 Å². The lowest BCUT2D eigenvalue weighted by atomic mass is 9.99. The number of aliphatic hydroxyl groups is 5. The lowest BCUT2D eigenvalue weighted by Crippen LogP contribution is -2.60. The Morgan fingerprint density at radius 2 is 0.894 bits per heavy atom. The summed E-state index contributed by atoms with van der Waals surface area (Å²) in [5.41, 5.74) is 0. The van der Waals surface area contributed by atoms with Crippen LogP contribution in [0, 0.1) is 0 Å². The van der Waals surface area contributed by atoms with Gasteiger partial charge in [-0.2, -0.15) is 0 Å². The number of carbonyl (C=O) groups is 1. The second kappa shape index (κ2) is 46.9. The average molecular weight is 932 g/mol. The molecule has 7 atom stereocenters. The van der Waals surface area contributed by atoms with E-state index in [9.17, 15) is 30.3 Å². The van der Waals surface area contributed by atoms with E-state index in [1.807, 2.05) is 6.08 Å². The fraction of sp³-hybridized carbons (Fsp3) is 0.842. The number of allylic oxidation sites excluding steroid dienone is 7. The second-order valence-electron chi connectivity index (χ2n) is 19.4. The van der Waals surface area contributed by atoms with Crippen LogP contribution in [0.15, 0.2) is 48.6 Å². The van der Waals surface area contributed by atoms with Crippen LogP contribution >= 0.6 is 0 Å². The molecular weight excluding hydrogens is 827 g/mol. The van der Waals surface area contributed by atoms with Crippen molar-refractivity contribution in [1.29, 1.82) is 0 Å². The number of hydrogen-bond donors (Lipinski definition) is 6. The summed E-state index contributed by atoms with van der Waals surface area (Å²) < 4.78 is 11.3. The number of rotatable bonds is 47. The Bertz CT molecular complexity index is 1170. The molecule has 7 unspecified atom stereocenters. The van der Waals surface area contributed by atoms with Crippen molar-refractivity contribution >= 4 is 5.91 Å². The van der Waals surface area contributed by atoms with Crippen LogP contribution in [-0.4, -0.2) is 87.5 Å². The molecule has 1 rings (SSSR count). The number of unbranched alkanes of at least 4 members (excludes halogenated alkanes) is 31. The molecule has 66 heavy (non-hydrogen) atoms. The molecule has 0 aromatic rings. The summed E-state index contributed by atoms with van der Waals surface area (Å²) in [6.07, 6.45) is 54.4. The van der Waals surface area contributed by atoms with Crippen LogP contribution in [0.3, 0.4) is 0 Å². The zero-order valence-electron chi connectivity index (χ0n) is 42.7. The van der Waals surface area contributed by atoms with Crippen LogP contribution in [0.4, 0.5) is 0 Å². The highest BCUT2D eigenvalue weighted by molar-refractivity contribution is 5.76. The maximum absolute atomic E-state index is 13.0. The van der Waals surface area contributed by atoms with E-state index in [1.54, 1.807) is 6.08 Å². The first-order valence-electron chi connectivity index (χ1n) is 27.9. The zero-order chi connectivity index (χ0) is 48.0. The number of ether oxygens (including phenoxy) is 2. The Balaban J connectivity index is 2.27. The smallest absolute Gasteiger partial charge is 0.220 e. The third kappa shape index (κ3) is 36.2. The fourth-order valence-electron chi connectivity index (χ4n) is 8.69. The van der Waals surface area contributed by atoms with Gasteiger partial charge in [-0.05, 0) is 57.8 Å². The predicted octanol–water partition coefficient (Wildman–Crippen LogP) is 13.3. The SMILES string of the molecule is CCCCCCC/C=C\C/C=C\C/C=C\CCCCCCCCCCC(=O)NC(COC1OC(CO)C(O)C(O)C1O)C(O)/C=C/CCCCCCCCCCCCCCCCCCCC. The lowest BCUT2D eigenvalue weighted by Gasteiger charge is -2.40. The Morgan fingerprint density at radius 1 is 0.515 bits per heavy atom. The molecule has 0 saturated carbocycles. The van der Waals surface area contributed by atoms with Gasteiger partial charge in [0.05, 0.1) is 25.4 Å². The Morgan fingerprint density at radius 3 is 1.32 bits per heavy atom. The van der Waals surface area contributed by atoms with Gasteiger partial charge in [-0.3, -0.25) is 4.79 Å². The molecule has 1 aliphatic rings. The van der Waals surface area contributed by atoms with Crippen LogP contribution in [-0.2, 0) is 14.3 Å². The van der Waals surface area contributed by atoms with Crippen molar-refractivity contribution in [3.05, 3.63) is 48.6 Å². The molecule has 9 heteroatoms. The van der Waals surface area contributed by atoms with Crippen molar-refractivity contribution in [2.75, 3.05) is 13.2 Å². The van der Waals surface area contributed by atoms with Crippen molar-refractivity contribution in [2.24, 2.45) is 0 Å². The second-order valence-corrected chi connectivity index (χ2v) is 19.4. The van der Waals surface area contributed by atoms with Crippen molar-refractivity contribution in [1.82, 2.24) is 5.32 Å². The molecule has 386 valence electrons. The van der Waals surface area contributed by atoms with Crippen molar-refractivity contribution in [3.63, 3.8) is 0 Å². The molecular formula is C57H105NO8. The van der Waals surface area contributed by atoms with E-state index in [0.29, 0.717) is 6.42 Å². The molecule has 1 fully saturated rings. The highest BCUT2D eigenvalue weighted by atomic mass is 16.7. The maximum atomic E-state index is 13.0. The van der Waals surface area contributed by atoms with E-state index in [4.69, 9.17) is 9.47 Å². The van der Waals surface area contributed by atoms with E-state index in [0.717, 1.165) is 64.2 Å². The summed E-state index contributed by atoms with van der Waals surface area (Å²) >= 11 is 0. The van der Waals surface area contributed by atoms with Crippen LogP contribution in [0.2, 0.25) is 0 Å². The van der Waals surface area contributed by atoms with Gasteiger partial charge in [-0.25, -0.2) is 0 Å². The standard InChI is InChI=1S/C57H105NO8/c1-3-5-7-9-11-13-15-17-19-21-23-25-26-27-29-31-33-35-37-39-41-43-45-47-53(61)58-50(49-65-57-56(64)55(63)54(62)52(48-59)66-57)51(60)46-44-42-40-38-36-34-32-30-28-24-22-20-18-16-14-12-10-8-6-4-2/h15,17,21,23,26-27,44,46,50-52,54-57,59-60,62-64H,3-14,16,18-20,22,24-25,28-43,45,47-49H2,1-2H3,(H,58,61)/b17-15-,23-21-,27-26-,46-44+. The summed E-state index contributed by atoms with van der Waals surface area (Å²) in [6, 6.07) is -0.810. The third-order valence-electron chi connectivity index (χ3n) is 13.1. The van der Waals surface area contributed by atoms with Gasteiger partial charge in [0.1, 0.15) is 24.4 Å². The number of carbonyl (C=O) groups excluding carboxylic acids is 1. The largest absolute Gasteiger partial charge is 0.394 e. The number of aliphatic hydroxyl groups excluding tert-OH is 5. The minimum atomic E-state index is -1.57. The van der Waals surface area contributed by atoms with E-state index < -0.39 is 49.5 Å². The first-order chi connectivity index (χ1) is 32.3. The molecule has 6 N–H and O–H groups in total. The van der Waals surface area contributed by atoms with E-state index in [1.165, 1.54) is 167 Å². The van der Waals surface area contributed by atoms with Crippen LogP contribution in [0.5, 0.6) is 0 Å². The van der Waals surface area contributed by atoms with Crippen LogP contribution < -0.4 is 5.32 Å². The molecule has 0 aliphatic carbocycles. The average Bonchev–Trinajstić information content (AvgIpc) is 3.32. The highest BCUT2D eigenvalue weighted by Crippen LogP contribution is 2.23. The summed E-state index contributed by atoms with van der Waals surface area (Å²) in [5.74, 6) is -0.183. The van der Waals surface area contributed by atoms with Crippen LogP contribution in [0.1, 0.15) is 251 Å². The normalized spacial score (nSPS) is 20.1. The van der Waals surface area contributed by atoms with Gasteiger partial charge < -0.3 is 40.3 Å². The molecule has 9 nitrogen and oxygen atoms in total. The Hall–Kier alpha value is -1.85. The highest BCUT2D eigenvalue weighted by Gasteiger charge is 2.44. The lowest BCUT2D eigenvalue weighted by molar-refractivity contribution is -0.302. The first-order valence-corrected chi connectivity index (χ1v) is 27.9. The van der Waals surface area contributed by atoms with E-state index in [2.05, 4.69) is 55.6 Å². The molecule has 0 aromatic carbocycles. The van der Waals surface area contributed by atoms with E-state index in [-0.39, 0.29) is 12.5 Å². The summed E-state index contributed by atoms with van der Waals surface area (Å²) in [5, 5.41) is 54.5. The van der Waals surface area contributed by atoms with Crippen LogP contribution in [0.25, 0.3) is 0 Å². The summed E-state index contributed by atoms with van der Waals surface area (Å²) in [4.78, 5) is 13.0. The number of nitrogens with one attached hydrogen (secondary N) is 1. The first kappa shape index (κ1) is 62.2. The van der Waals surface area contributed by atoms with Crippen molar-refractivity contribution in [3.8, 4) is 0 Å². The predicted molar refractivity (Wildman–Crippen MR) is 276 cm³/mol. The molecule has 1 saturated heterocycles. The minimum Gasteiger partial charge on any atom is -0.394 e. The zero-order valence-corrected chi connectivity index (χ0v) is 42.7. The van der Waals surface area contributed by atoms with Gasteiger partial charge in [0, 0.05) is 6.42 Å². The Kier molecular flexibility index (Phi) is 44.1. The van der Waals surface area contributed by atoms with Gasteiger partial charge in [0.2, 0.25) is 5.91 Å². The van der Waals surface area contributed by atoms with Gasteiger partial charge in [0.15, 0.2) is 6.29 Å². The maximum Gasteiger partial charge on any atom is 0.220 e.